The standard InChI is InChI=1S/C19H23ClN4O2/c1-12-17(13(2)23(3)22-12)8-9-21-19(26)14-10-18(25)24(11-14)16-6-4-15(20)5-7-16/h4-7,14H,8-11H2,1-3H3,(H,21,26)/t14-/m0/s1. The van der Waals surface area contributed by atoms with Gasteiger partial charge in [0.25, 0.3) is 0 Å². The van der Waals surface area contributed by atoms with Gasteiger partial charge in [0.2, 0.25) is 11.8 Å². The first-order valence-corrected chi connectivity index (χ1v) is 9.07. The number of nitrogens with one attached hydrogen (secondary N) is 1. The number of aryl methyl sites for hydroxylation is 2. The topological polar surface area (TPSA) is 67.2 Å². The molecule has 0 bridgehead atoms. The van der Waals surface area contributed by atoms with Gasteiger partial charge in [0.05, 0.1) is 11.6 Å². The van der Waals surface area contributed by atoms with Crippen LogP contribution in [0.3, 0.4) is 0 Å². The highest BCUT2D eigenvalue weighted by atomic mass is 35.5. The normalized spacial score (nSPS) is 17.0. The number of hydrogen-bond donors (Lipinski definition) is 1. The number of carbonyl (C=O) groups excluding carboxylic acids is 2. The van der Waals surface area contributed by atoms with Crippen molar-refractivity contribution in [3.05, 3.63) is 46.2 Å². The molecule has 1 aliphatic heterocycles. The minimum atomic E-state index is -0.325. The second kappa shape index (κ2) is 7.50. The predicted molar refractivity (Wildman–Crippen MR) is 101 cm³/mol. The predicted octanol–water partition coefficient (Wildman–Crippen LogP) is 2.40. The number of hydrogen-bond acceptors (Lipinski definition) is 3. The lowest BCUT2D eigenvalue weighted by Gasteiger charge is -2.16. The molecular weight excluding hydrogens is 352 g/mol. The van der Waals surface area contributed by atoms with Crippen LogP contribution in [-0.2, 0) is 23.1 Å². The second-order valence-electron chi connectivity index (χ2n) is 6.70. The number of carbonyl (C=O) groups is 2. The molecule has 1 saturated heterocycles. The Bertz CT molecular complexity index is 829. The summed E-state index contributed by atoms with van der Waals surface area (Å²) in [6.07, 6.45) is 0.970. The van der Waals surface area contributed by atoms with Crippen LogP contribution >= 0.6 is 11.6 Å². The van der Waals surface area contributed by atoms with E-state index in [1.54, 1.807) is 29.2 Å². The van der Waals surface area contributed by atoms with E-state index in [0.29, 0.717) is 18.1 Å². The molecular formula is C19H23ClN4O2. The van der Waals surface area contributed by atoms with Gasteiger partial charge in [-0.3, -0.25) is 14.3 Å². The maximum Gasteiger partial charge on any atom is 0.227 e. The molecule has 26 heavy (non-hydrogen) atoms. The molecule has 0 spiro atoms. The SMILES string of the molecule is Cc1nn(C)c(C)c1CCNC(=O)[C@H]1CC(=O)N(c2ccc(Cl)cc2)C1. The van der Waals surface area contributed by atoms with Crippen LogP contribution < -0.4 is 10.2 Å². The smallest absolute Gasteiger partial charge is 0.227 e. The fourth-order valence-electron chi connectivity index (χ4n) is 3.39. The Morgan fingerprint density at radius 3 is 2.62 bits per heavy atom. The van der Waals surface area contributed by atoms with E-state index in [9.17, 15) is 9.59 Å². The lowest BCUT2D eigenvalue weighted by molar-refractivity contribution is -0.126. The first-order valence-electron chi connectivity index (χ1n) is 8.69. The molecule has 1 aromatic heterocycles. The van der Waals surface area contributed by atoms with Gasteiger partial charge < -0.3 is 10.2 Å². The molecule has 3 rings (SSSR count). The van der Waals surface area contributed by atoms with Gasteiger partial charge in [0, 0.05) is 43.0 Å². The number of aromatic nitrogens is 2. The van der Waals surface area contributed by atoms with E-state index in [2.05, 4.69) is 10.4 Å². The molecule has 7 heteroatoms. The summed E-state index contributed by atoms with van der Waals surface area (Å²) < 4.78 is 1.85. The van der Waals surface area contributed by atoms with Crippen molar-refractivity contribution in [2.75, 3.05) is 18.0 Å². The van der Waals surface area contributed by atoms with E-state index in [1.165, 1.54) is 0 Å². The highest BCUT2D eigenvalue weighted by Crippen LogP contribution is 2.26. The molecule has 1 atom stereocenters. The third-order valence-electron chi connectivity index (χ3n) is 4.97. The summed E-state index contributed by atoms with van der Waals surface area (Å²) in [5.74, 6) is -0.435. The fraction of sp³-hybridized carbons (Fsp3) is 0.421. The number of amides is 2. The first-order chi connectivity index (χ1) is 12.4. The molecule has 0 unspecified atom stereocenters. The van der Waals surface area contributed by atoms with E-state index in [4.69, 9.17) is 11.6 Å². The second-order valence-corrected chi connectivity index (χ2v) is 7.13. The average Bonchev–Trinajstić information content (AvgIpc) is 3.10. The van der Waals surface area contributed by atoms with Crippen molar-refractivity contribution in [3.8, 4) is 0 Å². The maximum atomic E-state index is 12.5. The van der Waals surface area contributed by atoms with Crippen molar-refractivity contribution in [2.24, 2.45) is 13.0 Å². The zero-order chi connectivity index (χ0) is 18.8. The number of rotatable bonds is 5. The lowest BCUT2D eigenvalue weighted by Crippen LogP contribution is -2.34. The van der Waals surface area contributed by atoms with E-state index in [-0.39, 0.29) is 24.2 Å². The Hall–Kier alpha value is -2.34. The Labute approximate surface area is 158 Å². The summed E-state index contributed by atoms with van der Waals surface area (Å²) in [5, 5.41) is 7.97. The van der Waals surface area contributed by atoms with Gasteiger partial charge in [-0.05, 0) is 50.1 Å². The zero-order valence-electron chi connectivity index (χ0n) is 15.3. The molecule has 1 aromatic carbocycles. The number of benzene rings is 1. The molecule has 1 N–H and O–H groups in total. The molecule has 1 fully saturated rings. The summed E-state index contributed by atoms with van der Waals surface area (Å²) in [6, 6.07) is 7.09. The maximum absolute atomic E-state index is 12.5. The van der Waals surface area contributed by atoms with Crippen LogP contribution in [0.15, 0.2) is 24.3 Å². The summed E-state index contributed by atoms with van der Waals surface area (Å²) in [5.41, 5.74) is 4.04. The quantitative estimate of drug-likeness (QED) is 0.873. The van der Waals surface area contributed by atoms with E-state index < -0.39 is 0 Å². The van der Waals surface area contributed by atoms with Gasteiger partial charge in [-0.2, -0.15) is 5.10 Å². The van der Waals surface area contributed by atoms with Crippen molar-refractivity contribution in [3.63, 3.8) is 0 Å². The van der Waals surface area contributed by atoms with Gasteiger partial charge in [-0.15, -0.1) is 0 Å². The molecule has 0 aliphatic carbocycles. The van der Waals surface area contributed by atoms with E-state index in [1.807, 2.05) is 25.6 Å². The summed E-state index contributed by atoms with van der Waals surface area (Å²) in [7, 11) is 1.92. The number of nitrogens with zero attached hydrogens (tertiary/aromatic N) is 3. The van der Waals surface area contributed by atoms with Crippen molar-refractivity contribution in [1.82, 2.24) is 15.1 Å². The van der Waals surface area contributed by atoms with Crippen molar-refractivity contribution >= 4 is 29.1 Å². The first kappa shape index (κ1) is 18.5. The Balaban J connectivity index is 1.55. The molecule has 1 aliphatic rings. The highest BCUT2D eigenvalue weighted by molar-refractivity contribution is 6.30. The molecule has 0 saturated carbocycles. The number of halogens is 1. The molecule has 2 aromatic rings. The lowest BCUT2D eigenvalue weighted by atomic mass is 10.1. The fourth-order valence-corrected chi connectivity index (χ4v) is 3.51. The number of anilines is 1. The van der Waals surface area contributed by atoms with Gasteiger partial charge in [-0.25, -0.2) is 0 Å². The average molecular weight is 375 g/mol. The minimum absolute atomic E-state index is 0.0357. The third kappa shape index (κ3) is 3.75. The van der Waals surface area contributed by atoms with Crippen molar-refractivity contribution < 1.29 is 9.59 Å². The van der Waals surface area contributed by atoms with Crippen LogP contribution in [0.4, 0.5) is 5.69 Å². The van der Waals surface area contributed by atoms with Crippen LogP contribution in [0.5, 0.6) is 0 Å². The summed E-state index contributed by atoms with van der Waals surface area (Å²) >= 11 is 5.89. The van der Waals surface area contributed by atoms with Gasteiger partial charge in [0.15, 0.2) is 0 Å². The largest absolute Gasteiger partial charge is 0.355 e. The van der Waals surface area contributed by atoms with Crippen molar-refractivity contribution in [1.29, 1.82) is 0 Å². The van der Waals surface area contributed by atoms with E-state index >= 15 is 0 Å². The Morgan fingerprint density at radius 2 is 2.00 bits per heavy atom. The molecule has 2 amide bonds. The van der Waals surface area contributed by atoms with E-state index in [0.717, 1.165) is 29.1 Å². The summed E-state index contributed by atoms with van der Waals surface area (Å²) in [4.78, 5) is 26.4. The molecule has 0 radical (unpaired) electrons. The third-order valence-corrected chi connectivity index (χ3v) is 5.22. The van der Waals surface area contributed by atoms with Crippen LogP contribution in [-0.4, -0.2) is 34.7 Å². The Kier molecular flexibility index (Phi) is 5.32. The van der Waals surface area contributed by atoms with Crippen LogP contribution in [0.1, 0.15) is 23.4 Å². The minimum Gasteiger partial charge on any atom is -0.355 e. The van der Waals surface area contributed by atoms with Gasteiger partial charge in [-0.1, -0.05) is 11.6 Å². The Morgan fingerprint density at radius 1 is 1.31 bits per heavy atom. The molecule has 138 valence electrons. The summed E-state index contributed by atoms with van der Waals surface area (Å²) in [6.45, 7) is 4.94. The molecule has 2 heterocycles. The van der Waals surface area contributed by atoms with Crippen LogP contribution in [0.2, 0.25) is 5.02 Å². The van der Waals surface area contributed by atoms with Gasteiger partial charge >= 0.3 is 0 Å². The van der Waals surface area contributed by atoms with Gasteiger partial charge in [0.1, 0.15) is 0 Å². The highest BCUT2D eigenvalue weighted by Gasteiger charge is 2.34. The van der Waals surface area contributed by atoms with Crippen molar-refractivity contribution in [2.45, 2.75) is 26.7 Å². The van der Waals surface area contributed by atoms with Crippen LogP contribution in [0.25, 0.3) is 0 Å². The zero-order valence-corrected chi connectivity index (χ0v) is 16.0. The molecule has 6 nitrogen and oxygen atoms in total. The monoisotopic (exact) mass is 374 g/mol. The van der Waals surface area contributed by atoms with Crippen LogP contribution in [0, 0.1) is 19.8 Å².